The summed E-state index contributed by atoms with van der Waals surface area (Å²) in [5.74, 6) is -1.11. The average Bonchev–Trinajstić information content (AvgIpc) is 1.64. The van der Waals surface area contributed by atoms with Crippen molar-refractivity contribution in [1.82, 2.24) is 80.7 Å². The van der Waals surface area contributed by atoms with Crippen LogP contribution in [0.1, 0.15) is 60.8 Å². The number of hydrogen-bond donors (Lipinski definition) is 13. The summed E-state index contributed by atoms with van der Waals surface area (Å²) in [5.41, 5.74) is 20.4. The number of phenolic OH excluding ortho intramolecular Hbond substituents is 4. The van der Waals surface area contributed by atoms with Gasteiger partial charge in [0.05, 0.1) is 63.9 Å². The second-order valence-electron chi connectivity index (χ2n) is 34.3. The summed E-state index contributed by atoms with van der Waals surface area (Å²) in [6, 6.07) is 57.8. The molecular weight excluding hydrogens is 1690 g/mol. The van der Waals surface area contributed by atoms with E-state index in [0.717, 1.165) is 142 Å². The van der Waals surface area contributed by atoms with E-state index in [1.54, 1.807) is 66.5 Å². The molecule has 2 aliphatic rings. The molecule has 14 N–H and O–H groups in total. The van der Waals surface area contributed by atoms with Crippen LogP contribution in [0.2, 0.25) is 0 Å². The highest BCUT2D eigenvalue weighted by Gasteiger charge is 2.35. The molecule has 4 aromatic heterocycles. The maximum absolute atomic E-state index is 15.3. The van der Waals surface area contributed by atoms with Crippen molar-refractivity contribution < 1.29 is 63.5 Å². The van der Waals surface area contributed by atoms with E-state index in [1.807, 2.05) is 78.9 Å². The number of H-pyrrole nitrogens is 4. The number of nitrogens with two attached hydrogens (primary N) is 1. The number of benzene rings is 10. The van der Waals surface area contributed by atoms with Gasteiger partial charge in [-0.3, -0.25) is 33.6 Å². The molecule has 7 amide bonds. The standard InChI is InChI=1S/C101H109N19O13/c1-115-42-46-118(47-43-115)71-26-38-81-85(60-71)110-96(106-81)69-24-36-79-83(58-69)108-94(104-79)67-10-6-12-77(56-67)132-50-8-14-92(126)103-87(52-63-16-28-73(121)29-17-63)98(128)112-88(53-64-18-30-74(122)31-19-64)99(129)113-89(54-65-20-32-75(123)33-21-65)100(130)114-90(55-66-22-34-76(124)35-23-66)101(131)120(62-91(102)125)41-5-4-40-117(3)93(127)15-9-51-133-78-13-7-11-68(57-78)95-105-80-37-25-70(59-84(80)109-95)97-107-82-39-27-72(61-86(82)111-97)119-48-44-116(2)45-49-119/h6-7,10-13,16-39,56-61,87-90,121-124H,4-5,8-9,14-15,40-55,62H2,1-3H3,(H2,102,125)(H,103,126)(H,104,108)(H,105,109)(H,106,110)(H,107,111)(H,112,128)(H,113,129)(H,114,130)/t87-,88-,89-,90-/m0/s1. The number of nitrogens with zero attached hydrogens (tertiary/aromatic N) is 10. The first-order valence-electron chi connectivity index (χ1n) is 44.9. The molecule has 2 aliphatic heterocycles. The Hall–Kier alpha value is -15.3. The van der Waals surface area contributed by atoms with Crippen molar-refractivity contribution in [3.05, 3.63) is 241 Å². The summed E-state index contributed by atoms with van der Waals surface area (Å²) in [6.07, 6.45) is 0.696. The van der Waals surface area contributed by atoms with Gasteiger partial charge < -0.3 is 106 Å². The van der Waals surface area contributed by atoms with Gasteiger partial charge in [-0.05, 0) is 208 Å². The van der Waals surface area contributed by atoms with Crippen molar-refractivity contribution in [2.75, 3.05) is 116 Å². The number of primary amides is 1. The van der Waals surface area contributed by atoms with Gasteiger partial charge in [0, 0.05) is 145 Å². The molecule has 0 aliphatic carbocycles. The number of amides is 7. The predicted molar refractivity (Wildman–Crippen MR) is 510 cm³/mol. The van der Waals surface area contributed by atoms with Gasteiger partial charge in [0.15, 0.2) is 0 Å². The molecule has 0 unspecified atom stereocenters. The van der Waals surface area contributed by atoms with Crippen LogP contribution in [0.15, 0.2) is 218 Å². The zero-order valence-electron chi connectivity index (χ0n) is 74.4. The first-order valence-corrected chi connectivity index (χ1v) is 44.9. The molecular formula is C101H109N19O13. The van der Waals surface area contributed by atoms with Crippen molar-refractivity contribution >= 4 is 96.9 Å². The number of piperazine rings is 2. The number of nitrogens with one attached hydrogen (secondary N) is 8. The smallest absolute Gasteiger partial charge is 0.245 e. The molecule has 2 fully saturated rings. The Balaban J connectivity index is 0.539. The van der Waals surface area contributed by atoms with Gasteiger partial charge in [-0.15, -0.1) is 0 Å². The zero-order valence-corrected chi connectivity index (χ0v) is 74.4. The third kappa shape index (κ3) is 23.8. The second kappa shape index (κ2) is 42.1. The van der Waals surface area contributed by atoms with Crippen LogP contribution < -0.4 is 46.3 Å². The fraction of sp³-hybridized carbons (Fsp3) is 0.297. The van der Waals surface area contributed by atoms with Crippen LogP contribution in [0.5, 0.6) is 34.5 Å². The maximum Gasteiger partial charge on any atom is 0.245 e. The molecule has 4 atom stereocenters. The van der Waals surface area contributed by atoms with Gasteiger partial charge in [0.1, 0.15) is 82.0 Å². The molecule has 32 heteroatoms. The number of carbonyl (C=O) groups is 7. The number of aromatic hydroxyl groups is 4. The number of anilines is 2. The Morgan fingerprint density at radius 3 is 1.28 bits per heavy atom. The first kappa shape index (κ1) is 91.0. The number of ether oxygens (including phenoxy) is 2. The molecule has 16 rings (SSSR count). The summed E-state index contributed by atoms with van der Waals surface area (Å²) < 4.78 is 12.4. The summed E-state index contributed by atoms with van der Waals surface area (Å²) in [7, 11) is 5.97. The van der Waals surface area contributed by atoms with Crippen LogP contribution in [-0.2, 0) is 59.2 Å². The molecule has 0 spiro atoms. The van der Waals surface area contributed by atoms with Crippen LogP contribution in [0.3, 0.4) is 0 Å². The lowest BCUT2D eigenvalue weighted by atomic mass is 10.00. The quantitative estimate of drug-likeness (QED) is 0.0159. The Morgan fingerprint density at radius 2 is 0.782 bits per heavy atom. The monoisotopic (exact) mass is 1800 g/mol. The number of rotatable bonds is 39. The minimum absolute atomic E-state index is 0.0294. The number of hydrogen-bond acceptors (Lipinski definition) is 21. The minimum Gasteiger partial charge on any atom is -0.508 e. The number of aromatic amines is 4. The van der Waals surface area contributed by atoms with E-state index in [1.165, 1.54) is 53.4 Å². The van der Waals surface area contributed by atoms with Crippen molar-refractivity contribution in [1.29, 1.82) is 0 Å². The van der Waals surface area contributed by atoms with Crippen molar-refractivity contribution in [2.24, 2.45) is 5.73 Å². The molecule has 32 nitrogen and oxygen atoms in total. The Labute approximate surface area is 768 Å². The molecule has 6 heterocycles. The van der Waals surface area contributed by atoms with E-state index >= 15 is 19.2 Å². The molecule has 10 aromatic carbocycles. The third-order valence-electron chi connectivity index (χ3n) is 24.3. The Bertz CT molecular complexity index is 6460. The SMILES string of the molecule is CN1CCN(c2ccc3[nH]c(-c4ccc5[nH]c(-c6cccc(OCCCC(=O)N(C)CCCCN(CC(N)=O)C(=O)[C@H](Cc7ccc(O)cc7)NC(=O)[C@H](Cc7ccc(O)cc7)NC(=O)[C@H](Cc7ccc(O)cc7)NC(=O)[C@H](Cc7ccc(O)cc7)NC(=O)CCCOc7cccc(-c8nc9ccc(-c%10nc%11ccc(N%12CCN(C)CC%12)cc%11[nH]%10)cc9[nH]8)c7)c6)nc5c4)nc3c2)CC1. The number of likely N-dealkylation sites (N-methyl/N-ethyl adjacent to an activating group) is 2. The van der Waals surface area contributed by atoms with Gasteiger partial charge in [0.2, 0.25) is 41.4 Å². The normalized spacial score (nSPS) is 14.0. The van der Waals surface area contributed by atoms with Crippen LogP contribution in [0.4, 0.5) is 11.4 Å². The van der Waals surface area contributed by atoms with E-state index in [0.29, 0.717) is 64.7 Å². The summed E-state index contributed by atoms with van der Waals surface area (Å²) in [6.45, 7) is 7.97. The van der Waals surface area contributed by atoms with Gasteiger partial charge in [-0.1, -0.05) is 72.8 Å². The summed E-state index contributed by atoms with van der Waals surface area (Å²) >= 11 is 0. The summed E-state index contributed by atoms with van der Waals surface area (Å²) in [4.78, 5) is 147. The van der Waals surface area contributed by atoms with Gasteiger partial charge in [-0.25, -0.2) is 19.9 Å². The first-order chi connectivity index (χ1) is 64.4. The minimum atomic E-state index is -1.52. The maximum atomic E-state index is 15.3. The molecule has 0 radical (unpaired) electrons. The third-order valence-corrected chi connectivity index (χ3v) is 24.3. The molecule has 0 bridgehead atoms. The molecule has 133 heavy (non-hydrogen) atoms. The van der Waals surface area contributed by atoms with E-state index in [2.05, 4.69) is 111 Å². The van der Waals surface area contributed by atoms with Gasteiger partial charge >= 0.3 is 0 Å². The fourth-order valence-electron chi connectivity index (χ4n) is 16.7. The predicted octanol–water partition coefficient (Wildman–Crippen LogP) is 10.7. The highest BCUT2D eigenvalue weighted by molar-refractivity contribution is 5.97. The van der Waals surface area contributed by atoms with E-state index in [9.17, 15) is 34.8 Å². The number of unbranched alkanes of at least 4 members (excludes halogenated alkanes) is 1. The lowest BCUT2D eigenvalue weighted by Crippen LogP contribution is -2.60. The van der Waals surface area contributed by atoms with E-state index in [-0.39, 0.29) is 100 Å². The van der Waals surface area contributed by atoms with Crippen LogP contribution in [0.25, 0.3) is 89.7 Å². The van der Waals surface area contributed by atoms with Crippen molar-refractivity contribution in [2.45, 2.75) is 88.4 Å². The van der Waals surface area contributed by atoms with Crippen LogP contribution in [0, 0.1) is 0 Å². The van der Waals surface area contributed by atoms with Crippen molar-refractivity contribution in [3.63, 3.8) is 0 Å². The van der Waals surface area contributed by atoms with Crippen molar-refractivity contribution in [3.8, 4) is 80.0 Å². The number of fused-ring (bicyclic) bond motifs is 4. The topological polar surface area (TPSA) is 427 Å². The number of carbonyl (C=O) groups excluding carboxylic acids is 7. The highest BCUT2D eigenvalue weighted by Crippen LogP contribution is 2.34. The lowest BCUT2D eigenvalue weighted by Gasteiger charge is -2.34. The average molecular weight is 1800 g/mol. The number of aromatic nitrogens is 8. The Morgan fingerprint density at radius 1 is 0.398 bits per heavy atom. The number of phenols is 4. The molecule has 0 saturated carbocycles. The molecule has 2 saturated heterocycles. The second-order valence-corrected chi connectivity index (χ2v) is 34.3. The molecule has 686 valence electrons. The van der Waals surface area contributed by atoms with E-state index in [4.69, 9.17) is 35.1 Å². The zero-order chi connectivity index (χ0) is 92.6. The highest BCUT2D eigenvalue weighted by atomic mass is 16.5. The van der Waals surface area contributed by atoms with E-state index < -0.39 is 66.2 Å². The van der Waals surface area contributed by atoms with Gasteiger partial charge in [0.25, 0.3) is 0 Å². The summed E-state index contributed by atoms with van der Waals surface area (Å²) in [5, 5.41) is 52.7. The lowest BCUT2D eigenvalue weighted by molar-refractivity contribution is -0.139. The number of imidazole rings is 4. The largest absolute Gasteiger partial charge is 0.508 e. The van der Waals surface area contributed by atoms with Crippen LogP contribution in [-0.4, -0.2) is 252 Å². The van der Waals surface area contributed by atoms with Gasteiger partial charge in [-0.2, -0.15) is 0 Å². The fourth-order valence-corrected chi connectivity index (χ4v) is 16.7. The van der Waals surface area contributed by atoms with Crippen LogP contribution >= 0.6 is 0 Å². The Kier molecular flexibility index (Phi) is 28.8. The molecule has 14 aromatic rings.